The van der Waals surface area contributed by atoms with Gasteiger partial charge >= 0.3 is 6.03 Å². The van der Waals surface area contributed by atoms with Gasteiger partial charge in [-0.3, -0.25) is 0 Å². The molecule has 148 valence electrons. The Morgan fingerprint density at radius 2 is 2.19 bits per heavy atom. The largest absolute Gasteiger partial charge is 0.486 e. The third-order valence-corrected chi connectivity index (χ3v) is 6.08. The normalized spacial score (nSPS) is 26.1. The Bertz CT molecular complexity index is 705. The zero-order chi connectivity index (χ0) is 18.9. The fourth-order valence-electron chi connectivity index (χ4n) is 4.44. The van der Waals surface area contributed by atoms with E-state index in [-0.39, 0.29) is 6.03 Å². The maximum Gasteiger partial charge on any atom is 0.317 e. The van der Waals surface area contributed by atoms with E-state index in [9.17, 15) is 4.79 Å². The first-order valence-corrected chi connectivity index (χ1v) is 10.2. The fraction of sp³-hybridized carbons (Fsp3) is 0.650. The van der Waals surface area contributed by atoms with Crippen molar-refractivity contribution in [3.05, 3.63) is 22.7 Å². The maximum atomic E-state index is 12.5. The summed E-state index contributed by atoms with van der Waals surface area (Å²) in [5.41, 5.74) is 1.32. The number of likely N-dealkylation sites (tertiary alicyclic amines) is 1. The third-order valence-electron chi connectivity index (χ3n) is 5.80. The Balaban J connectivity index is 1.24. The Kier molecular flexibility index (Phi) is 5.37. The van der Waals surface area contributed by atoms with Crippen LogP contribution in [0.15, 0.2) is 12.1 Å². The molecule has 2 amide bonds. The van der Waals surface area contributed by atoms with Crippen LogP contribution in [0.25, 0.3) is 0 Å². The van der Waals surface area contributed by atoms with Crippen molar-refractivity contribution in [2.75, 3.05) is 39.5 Å². The first kappa shape index (κ1) is 18.7. The number of benzene rings is 1. The summed E-state index contributed by atoms with van der Waals surface area (Å²) in [5, 5.41) is 3.59. The molecule has 2 aliphatic heterocycles. The molecule has 1 aromatic carbocycles. The van der Waals surface area contributed by atoms with Gasteiger partial charge in [0.05, 0.1) is 11.1 Å². The molecule has 6 nitrogen and oxygen atoms in total. The Morgan fingerprint density at radius 3 is 3.00 bits per heavy atom. The number of carbonyl (C=O) groups is 1. The Hall–Kier alpha value is -1.66. The lowest BCUT2D eigenvalue weighted by Gasteiger charge is -2.44. The van der Waals surface area contributed by atoms with E-state index in [1.807, 2.05) is 24.0 Å². The molecular formula is C20H27ClN2O4. The van der Waals surface area contributed by atoms with Gasteiger partial charge in [-0.25, -0.2) is 4.79 Å². The van der Waals surface area contributed by atoms with Gasteiger partial charge in [-0.1, -0.05) is 11.6 Å². The average Bonchev–Trinajstić information content (AvgIpc) is 3.07. The number of ether oxygens (including phenoxy) is 3. The molecule has 0 unspecified atom stereocenters. The topological polar surface area (TPSA) is 60.0 Å². The van der Waals surface area contributed by atoms with Crippen molar-refractivity contribution in [2.24, 2.45) is 5.41 Å². The summed E-state index contributed by atoms with van der Waals surface area (Å²) < 4.78 is 16.8. The molecule has 1 saturated carbocycles. The van der Waals surface area contributed by atoms with Gasteiger partial charge in [-0.05, 0) is 55.7 Å². The van der Waals surface area contributed by atoms with Crippen LogP contribution in [0, 0.1) is 5.41 Å². The van der Waals surface area contributed by atoms with Crippen LogP contribution in [-0.4, -0.2) is 56.5 Å². The predicted octanol–water partition coefficient (Wildman–Crippen LogP) is 3.25. The molecule has 7 heteroatoms. The van der Waals surface area contributed by atoms with Gasteiger partial charge in [0, 0.05) is 26.2 Å². The zero-order valence-electron chi connectivity index (χ0n) is 15.8. The minimum Gasteiger partial charge on any atom is -0.486 e. The molecule has 1 aromatic rings. The van der Waals surface area contributed by atoms with E-state index in [1.165, 1.54) is 0 Å². The minimum atomic E-state index is 0.0235. The average molecular weight is 395 g/mol. The Morgan fingerprint density at radius 1 is 1.37 bits per heavy atom. The number of fused-ring (bicyclic) bond motifs is 1. The van der Waals surface area contributed by atoms with Crippen LogP contribution in [0.2, 0.25) is 5.02 Å². The number of nitrogens with zero attached hydrogens (tertiary/aromatic N) is 1. The van der Waals surface area contributed by atoms with Gasteiger partial charge in [0.25, 0.3) is 0 Å². The number of hydrogen-bond donors (Lipinski definition) is 1. The van der Waals surface area contributed by atoms with Crippen LogP contribution in [-0.2, 0) is 11.2 Å². The molecule has 3 aliphatic rings. The molecule has 1 spiro atoms. The summed E-state index contributed by atoms with van der Waals surface area (Å²) in [6.07, 6.45) is 4.34. The monoisotopic (exact) mass is 394 g/mol. The lowest BCUT2D eigenvalue weighted by molar-refractivity contribution is -0.0704. The van der Waals surface area contributed by atoms with Crippen molar-refractivity contribution in [3.8, 4) is 11.5 Å². The van der Waals surface area contributed by atoms with Gasteiger partial charge in [-0.2, -0.15) is 0 Å². The molecule has 1 aliphatic carbocycles. The summed E-state index contributed by atoms with van der Waals surface area (Å²) in [6, 6.07) is 3.85. The molecule has 0 bridgehead atoms. The first-order chi connectivity index (χ1) is 13.1. The Labute approximate surface area is 165 Å². The minimum absolute atomic E-state index is 0.0235. The summed E-state index contributed by atoms with van der Waals surface area (Å²) in [5.74, 6) is 1.30. The summed E-state index contributed by atoms with van der Waals surface area (Å²) in [6.45, 7) is 6.11. The van der Waals surface area contributed by atoms with Crippen LogP contribution in [0.5, 0.6) is 11.5 Å². The number of halogens is 1. The van der Waals surface area contributed by atoms with E-state index in [2.05, 4.69) is 5.32 Å². The molecule has 0 atom stereocenters. The highest BCUT2D eigenvalue weighted by atomic mass is 35.5. The highest BCUT2D eigenvalue weighted by molar-refractivity contribution is 6.32. The second-order valence-corrected chi connectivity index (χ2v) is 8.15. The standard InChI is InChI=1S/C20H27ClN2O4/c1-2-25-15-11-20(12-15)4-6-23(13-20)19(24)22-5-3-14-9-16(21)18-17(10-14)26-7-8-27-18/h9-10,15H,2-8,11-13H2,1H3,(H,22,24). The lowest BCUT2D eigenvalue weighted by Crippen LogP contribution is -2.46. The number of carbonyl (C=O) groups excluding carboxylic acids is 1. The van der Waals surface area contributed by atoms with Gasteiger partial charge < -0.3 is 24.4 Å². The molecule has 1 saturated heterocycles. The van der Waals surface area contributed by atoms with Crippen molar-refractivity contribution in [1.82, 2.24) is 10.2 Å². The van der Waals surface area contributed by atoms with Gasteiger partial charge in [-0.15, -0.1) is 0 Å². The molecule has 2 fully saturated rings. The van der Waals surface area contributed by atoms with Crippen molar-refractivity contribution in [2.45, 2.75) is 38.7 Å². The van der Waals surface area contributed by atoms with Crippen LogP contribution in [0.1, 0.15) is 31.7 Å². The number of urea groups is 1. The second-order valence-electron chi connectivity index (χ2n) is 7.74. The van der Waals surface area contributed by atoms with Crippen molar-refractivity contribution in [3.63, 3.8) is 0 Å². The number of rotatable bonds is 5. The fourth-order valence-corrected chi connectivity index (χ4v) is 4.72. The van der Waals surface area contributed by atoms with Crippen molar-refractivity contribution < 1.29 is 19.0 Å². The van der Waals surface area contributed by atoms with E-state index in [1.54, 1.807) is 0 Å². The molecule has 0 aromatic heterocycles. The molecule has 4 rings (SSSR count). The number of amides is 2. The highest BCUT2D eigenvalue weighted by Crippen LogP contribution is 2.49. The molecule has 2 heterocycles. The highest BCUT2D eigenvalue weighted by Gasteiger charge is 2.49. The summed E-state index contributed by atoms with van der Waals surface area (Å²) in [4.78, 5) is 14.4. The molecule has 0 radical (unpaired) electrons. The number of nitrogens with one attached hydrogen (secondary N) is 1. The van der Waals surface area contributed by atoms with Crippen LogP contribution >= 0.6 is 11.6 Å². The van der Waals surface area contributed by atoms with E-state index in [0.29, 0.717) is 54.2 Å². The number of hydrogen-bond acceptors (Lipinski definition) is 4. The van der Waals surface area contributed by atoms with Crippen LogP contribution in [0.3, 0.4) is 0 Å². The van der Waals surface area contributed by atoms with E-state index in [4.69, 9.17) is 25.8 Å². The third kappa shape index (κ3) is 3.97. The molecule has 1 N–H and O–H groups in total. The van der Waals surface area contributed by atoms with E-state index in [0.717, 1.165) is 44.5 Å². The van der Waals surface area contributed by atoms with Gasteiger partial charge in [0.15, 0.2) is 11.5 Å². The molecule has 27 heavy (non-hydrogen) atoms. The first-order valence-electron chi connectivity index (χ1n) is 9.81. The van der Waals surface area contributed by atoms with Crippen LogP contribution in [0.4, 0.5) is 4.79 Å². The smallest absolute Gasteiger partial charge is 0.317 e. The maximum absolute atomic E-state index is 12.5. The van der Waals surface area contributed by atoms with Crippen LogP contribution < -0.4 is 14.8 Å². The van der Waals surface area contributed by atoms with Crippen molar-refractivity contribution in [1.29, 1.82) is 0 Å². The lowest BCUT2D eigenvalue weighted by atomic mass is 9.66. The zero-order valence-corrected chi connectivity index (χ0v) is 16.5. The molecular weight excluding hydrogens is 368 g/mol. The quantitative estimate of drug-likeness (QED) is 0.832. The summed E-state index contributed by atoms with van der Waals surface area (Å²) in [7, 11) is 0. The second kappa shape index (κ2) is 7.76. The van der Waals surface area contributed by atoms with Crippen molar-refractivity contribution >= 4 is 17.6 Å². The van der Waals surface area contributed by atoms with E-state index < -0.39 is 0 Å². The SMILES string of the molecule is CCOC1CC2(CCN(C(=O)NCCc3cc(Cl)c4c(c3)OCCO4)C2)C1. The van der Waals surface area contributed by atoms with Gasteiger partial charge in [0.2, 0.25) is 0 Å². The van der Waals surface area contributed by atoms with E-state index >= 15 is 0 Å². The summed E-state index contributed by atoms with van der Waals surface area (Å²) >= 11 is 6.27. The van der Waals surface area contributed by atoms with Gasteiger partial charge in [0.1, 0.15) is 13.2 Å². The predicted molar refractivity (Wildman–Crippen MR) is 103 cm³/mol.